The zero-order chi connectivity index (χ0) is 10.0. The molecule has 5 nitrogen and oxygen atoms in total. The van der Waals surface area contributed by atoms with Crippen molar-refractivity contribution in [1.29, 1.82) is 0 Å². The summed E-state index contributed by atoms with van der Waals surface area (Å²) in [6, 6.07) is 0. The highest BCUT2D eigenvalue weighted by Crippen LogP contribution is 1.81. The number of hydrogen-bond acceptors (Lipinski definition) is 3. The molecule has 2 N–H and O–H groups in total. The van der Waals surface area contributed by atoms with Crippen LogP contribution in [0, 0.1) is 0 Å². The van der Waals surface area contributed by atoms with Crippen LogP contribution in [0.15, 0.2) is 0 Å². The van der Waals surface area contributed by atoms with Gasteiger partial charge in [-0.3, -0.25) is 9.11 Å². The van der Waals surface area contributed by atoms with Crippen molar-refractivity contribution in [3.05, 3.63) is 0 Å². The van der Waals surface area contributed by atoms with Crippen LogP contribution in [0.5, 0.6) is 0 Å². The predicted molar refractivity (Wildman–Crippen MR) is 45.6 cm³/mol. The first kappa shape index (κ1) is 14.4. The van der Waals surface area contributed by atoms with Gasteiger partial charge in [0, 0.05) is 13.2 Å². The summed E-state index contributed by atoms with van der Waals surface area (Å²) >= 11 is 0. The molecule has 0 amide bonds. The van der Waals surface area contributed by atoms with Gasteiger partial charge in [-0.25, -0.2) is 0 Å². The summed E-state index contributed by atoms with van der Waals surface area (Å²) < 4.78 is 36.7. The lowest BCUT2D eigenvalue weighted by Gasteiger charge is -1.95. The Labute approximate surface area is 73.3 Å². The lowest BCUT2D eigenvalue weighted by atomic mass is 10.5. The molecule has 0 bridgehead atoms. The molecule has 0 spiro atoms. The van der Waals surface area contributed by atoms with Crippen LogP contribution in [-0.4, -0.2) is 30.7 Å². The van der Waals surface area contributed by atoms with E-state index in [9.17, 15) is 0 Å². The third kappa shape index (κ3) is 52.2. The summed E-state index contributed by atoms with van der Waals surface area (Å²) in [6.45, 7) is 6.09. The Hall–Kier alpha value is -0.170. The molecular formula is C6H16O5S. The minimum Gasteiger partial charge on any atom is -0.381 e. The van der Waals surface area contributed by atoms with Crippen LogP contribution in [-0.2, 0) is 15.1 Å². The maximum Gasteiger partial charge on any atom is 0.394 e. The van der Waals surface area contributed by atoms with E-state index in [4.69, 9.17) is 22.3 Å². The van der Waals surface area contributed by atoms with Crippen molar-refractivity contribution >= 4 is 10.4 Å². The zero-order valence-electron chi connectivity index (χ0n) is 7.36. The second kappa shape index (κ2) is 8.92. The SMILES string of the molecule is CCCOCCC.O=S(=O)(O)O. The highest BCUT2D eigenvalue weighted by Gasteiger charge is 1.84. The maximum absolute atomic E-state index is 8.74. The third-order valence-corrected chi connectivity index (χ3v) is 0.697. The monoisotopic (exact) mass is 200 g/mol. The topological polar surface area (TPSA) is 83.8 Å². The predicted octanol–water partition coefficient (Wildman–Crippen LogP) is 1.17. The molecule has 0 aliphatic heterocycles. The van der Waals surface area contributed by atoms with Crippen LogP contribution < -0.4 is 0 Å². The first-order valence-electron chi connectivity index (χ1n) is 3.69. The summed E-state index contributed by atoms with van der Waals surface area (Å²) in [5.41, 5.74) is 0. The molecule has 0 aromatic rings. The summed E-state index contributed by atoms with van der Waals surface area (Å²) in [5.74, 6) is 0. The molecule has 0 heterocycles. The van der Waals surface area contributed by atoms with Crippen molar-refractivity contribution in [2.75, 3.05) is 13.2 Å². The molecule has 0 aromatic heterocycles. The molecule has 0 saturated carbocycles. The Morgan fingerprint density at radius 1 is 1.08 bits per heavy atom. The Bertz CT molecular complexity index is 151. The molecule has 0 saturated heterocycles. The van der Waals surface area contributed by atoms with Crippen molar-refractivity contribution in [2.24, 2.45) is 0 Å². The van der Waals surface area contributed by atoms with E-state index in [1.165, 1.54) is 0 Å². The van der Waals surface area contributed by atoms with Gasteiger partial charge in [0.05, 0.1) is 0 Å². The summed E-state index contributed by atoms with van der Waals surface area (Å²) in [7, 11) is -4.67. The minimum absolute atomic E-state index is 0.924. The van der Waals surface area contributed by atoms with Crippen LogP contribution in [0.2, 0.25) is 0 Å². The van der Waals surface area contributed by atoms with Crippen LogP contribution in [0.4, 0.5) is 0 Å². The van der Waals surface area contributed by atoms with Gasteiger partial charge in [0.2, 0.25) is 0 Å². The van der Waals surface area contributed by atoms with E-state index in [-0.39, 0.29) is 0 Å². The molecule has 0 unspecified atom stereocenters. The zero-order valence-corrected chi connectivity index (χ0v) is 8.17. The van der Waals surface area contributed by atoms with E-state index in [1.807, 2.05) is 0 Å². The molecule has 0 fully saturated rings. The lowest BCUT2D eigenvalue weighted by Crippen LogP contribution is -1.92. The summed E-state index contributed by atoms with van der Waals surface area (Å²) in [4.78, 5) is 0. The Morgan fingerprint density at radius 3 is 1.50 bits per heavy atom. The van der Waals surface area contributed by atoms with Gasteiger partial charge in [0.1, 0.15) is 0 Å². The second-order valence-corrected chi connectivity index (χ2v) is 2.96. The molecule has 0 atom stereocenters. The van der Waals surface area contributed by atoms with Gasteiger partial charge >= 0.3 is 10.4 Å². The Balaban J connectivity index is 0. The molecule has 12 heavy (non-hydrogen) atoms. The normalized spacial score (nSPS) is 10.3. The number of ether oxygens (including phenoxy) is 1. The fraction of sp³-hybridized carbons (Fsp3) is 1.00. The number of hydrogen-bond donors (Lipinski definition) is 2. The fourth-order valence-corrected chi connectivity index (χ4v) is 0.391. The number of rotatable bonds is 4. The highest BCUT2D eigenvalue weighted by molar-refractivity contribution is 7.79. The molecule has 6 heteroatoms. The van der Waals surface area contributed by atoms with Gasteiger partial charge in [0.15, 0.2) is 0 Å². The van der Waals surface area contributed by atoms with Crippen molar-refractivity contribution in [1.82, 2.24) is 0 Å². The van der Waals surface area contributed by atoms with Crippen LogP contribution in [0.1, 0.15) is 26.7 Å². The van der Waals surface area contributed by atoms with Crippen molar-refractivity contribution in [3.63, 3.8) is 0 Å². The second-order valence-electron chi connectivity index (χ2n) is 2.06. The van der Waals surface area contributed by atoms with Crippen LogP contribution in [0.25, 0.3) is 0 Å². The van der Waals surface area contributed by atoms with E-state index < -0.39 is 10.4 Å². The van der Waals surface area contributed by atoms with E-state index in [1.54, 1.807) is 0 Å². The largest absolute Gasteiger partial charge is 0.394 e. The Morgan fingerprint density at radius 2 is 1.33 bits per heavy atom. The minimum atomic E-state index is -4.67. The van der Waals surface area contributed by atoms with Crippen LogP contribution >= 0.6 is 0 Å². The smallest absolute Gasteiger partial charge is 0.381 e. The van der Waals surface area contributed by atoms with Gasteiger partial charge in [-0.1, -0.05) is 13.8 Å². The average molecular weight is 200 g/mol. The highest BCUT2D eigenvalue weighted by atomic mass is 32.3. The molecule has 0 aliphatic rings. The first-order valence-corrected chi connectivity index (χ1v) is 5.09. The quantitative estimate of drug-likeness (QED) is 0.525. The lowest BCUT2D eigenvalue weighted by molar-refractivity contribution is 0.135. The van der Waals surface area contributed by atoms with Gasteiger partial charge < -0.3 is 4.74 Å². The summed E-state index contributed by atoms with van der Waals surface area (Å²) in [5, 5.41) is 0. The van der Waals surface area contributed by atoms with Gasteiger partial charge in [-0.2, -0.15) is 8.42 Å². The van der Waals surface area contributed by atoms with Crippen LogP contribution in [0.3, 0.4) is 0 Å². The van der Waals surface area contributed by atoms with E-state index in [0.717, 1.165) is 26.1 Å². The Kier molecular flexibility index (Phi) is 10.7. The first-order chi connectivity index (χ1) is 5.41. The standard InChI is InChI=1S/C6H14O.H2O4S/c1-3-5-7-6-4-2;1-5(2,3)4/h3-6H2,1-2H3;(H2,1,2,3,4). The van der Waals surface area contributed by atoms with Crippen molar-refractivity contribution < 1.29 is 22.3 Å². The maximum atomic E-state index is 8.74. The van der Waals surface area contributed by atoms with E-state index in [2.05, 4.69) is 13.8 Å². The third-order valence-electron chi connectivity index (χ3n) is 0.697. The van der Waals surface area contributed by atoms with E-state index in [0.29, 0.717) is 0 Å². The van der Waals surface area contributed by atoms with Gasteiger partial charge in [-0.05, 0) is 12.8 Å². The molecule has 76 valence electrons. The fourth-order valence-electron chi connectivity index (χ4n) is 0.391. The van der Waals surface area contributed by atoms with E-state index >= 15 is 0 Å². The molecule has 0 aromatic carbocycles. The molecule has 0 rings (SSSR count). The molecule has 0 aliphatic carbocycles. The van der Waals surface area contributed by atoms with Gasteiger partial charge in [-0.15, -0.1) is 0 Å². The van der Waals surface area contributed by atoms with Gasteiger partial charge in [0.25, 0.3) is 0 Å². The van der Waals surface area contributed by atoms with Crippen molar-refractivity contribution in [3.8, 4) is 0 Å². The molecular weight excluding hydrogens is 184 g/mol. The average Bonchev–Trinajstić information content (AvgIpc) is 1.85. The summed E-state index contributed by atoms with van der Waals surface area (Å²) in [6.07, 6.45) is 2.28. The van der Waals surface area contributed by atoms with Crippen molar-refractivity contribution in [2.45, 2.75) is 26.7 Å². The molecule has 0 radical (unpaired) electrons.